The van der Waals surface area contributed by atoms with Crippen LogP contribution in [0.1, 0.15) is 13.8 Å². The van der Waals surface area contributed by atoms with Crippen molar-refractivity contribution in [2.24, 2.45) is 0 Å². The molecule has 0 aliphatic carbocycles. The second kappa shape index (κ2) is 7.44. The van der Waals surface area contributed by atoms with Gasteiger partial charge in [0.05, 0.1) is 7.11 Å². The lowest BCUT2D eigenvalue weighted by Crippen LogP contribution is -2.47. The van der Waals surface area contributed by atoms with Crippen LogP contribution in [0.5, 0.6) is 0 Å². The van der Waals surface area contributed by atoms with Crippen molar-refractivity contribution in [2.75, 3.05) is 20.3 Å². The lowest BCUT2D eigenvalue weighted by atomic mass is 10.3. The van der Waals surface area contributed by atoms with Crippen LogP contribution >= 0.6 is 0 Å². The molecule has 0 aromatic rings. The molecule has 0 bridgehead atoms. The molecular formula is C9H16N2O6. The van der Waals surface area contributed by atoms with E-state index < -0.39 is 24.6 Å². The van der Waals surface area contributed by atoms with Gasteiger partial charge in [-0.25, -0.2) is 15.1 Å². The summed E-state index contributed by atoms with van der Waals surface area (Å²) in [4.78, 5) is 38.2. The van der Waals surface area contributed by atoms with Gasteiger partial charge >= 0.3 is 18.0 Å². The largest absolute Gasteiger partial charge is 0.479 e. The van der Waals surface area contributed by atoms with Crippen LogP contribution in [0.25, 0.3) is 0 Å². The lowest BCUT2D eigenvalue weighted by molar-refractivity contribution is -0.145. The number of aliphatic carboxylic acids is 1. The SMILES string of the molecule is COC(=O)CN(C(=O)NOCC(=O)O)C(C)C. The molecule has 2 N–H and O–H groups in total. The summed E-state index contributed by atoms with van der Waals surface area (Å²) in [6, 6.07) is -0.964. The Labute approximate surface area is 98.4 Å². The van der Waals surface area contributed by atoms with Crippen molar-refractivity contribution < 1.29 is 29.1 Å². The average molecular weight is 248 g/mol. The number of rotatable bonds is 6. The molecule has 2 amide bonds. The molecule has 0 radical (unpaired) electrons. The number of ether oxygens (including phenoxy) is 1. The first-order valence-electron chi connectivity index (χ1n) is 4.85. The number of esters is 1. The quantitative estimate of drug-likeness (QED) is 0.489. The molecule has 0 rings (SSSR count). The van der Waals surface area contributed by atoms with Gasteiger partial charge in [0.15, 0.2) is 6.61 Å². The number of hydrogen-bond acceptors (Lipinski definition) is 5. The summed E-state index contributed by atoms with van der Waals surface area (Å²) >= 11 is 0. The van der Waals surface area contributed by atoms with Crippen LogP contribution in [0.15, 0.2) is 0 Å². The molecule has 0 saturated heterocycles. The standard InChI is InChI=1S/C9H16N2O6/c1-6(2)11(4-8(14)16-3)9(15)10-17-5-7(12)13/h6H,4-5H2,1-3H3,(H,10,15)(H,12,13). The van der Waals surface area contributed by atoms with Crippen molar-refractivity contribution in [3.05, 3.63) is 0 Å². The van der Waals surface area contributed by atoms with Crippen molar-refractivity contribution in [1.29, 1.82) is 0 Å². The molecule has 8 heteroatoms. The fraction of sp³-hybridized carbons (Fsp3) is 0.667. The first kappa shape index (κ1) is 15.2. The number of nitrogens with one attached hydrogen (secondary N) is 1. The van der Waals surface area contributed by atoms with E-state index in [0.717, 1.165) is 4.90 Å². The van der Waals surface area contributed by atoms with E-state index in [-0.39, 0.29) is 12.6 Å². The predicted octanol–water partition coefficient (Wildman–Crippen LogP) is -0.404. The molecule has 98 valence electrons. The molecule has 0 aliphatic heterocycles. The molecule has 17 heavy (non-hydrogen) atoms. The summed E-state index contributed by atoms with van der Waals surface area (Å²) in [5.74, 6) is -1.79. The Hall–Kier alpha value is -1.83. The van der Waals surface area contributed by atoms with Crippen molar-refractivity contribution in [1.82, 2.24) is 10.4 Å². The molecule has 0 aromatic carbocycles. The highest BCUT2D eigenvalue weighted by Gasteiger charge is 2.20. The Morgan fingerprint density at radius 2 is 1.94 bits per heavy atom. The number of carbonyl (C=O) groups excluding carboxylic acids is 2. The van der Waals surface area contributed by atoms with Crippen molar-refractivity contribution in [3.63, 3.8) is 0 Å². The van der Waals surface area contributed by atoms with E-state index in [9.17, 15) is 14.4 Å². The van der Waals surface area contributed by atoms with E-state index in [1.54, 1.807) is 13.8 Å². The van der Waals surface area contributed by atoms with Gasteiger partial charge in [-0.3, -0.25) is 9.63 Å². The monoisotopic (exact) mass is 248 g/mol. The number of carboxylic acids is 1. The molecule has 8 nitrogen and oxygen atoms in total. The summed E-state index contributed by atoms with van der Waals surface area (Å²) in [6.45, 7) is 2.49. The number of hydrogen-bond donors (Lipinski definition) is 2. The molecule has 0 atom stereocenters. The highest BCUT2D eigenvalue weighted by atomic mass is 16.7. The second-order valence-electron chi connectivity index (χ2n) is 3.39. The van der Waals surface area contributed by atoms with E-state index in [2.05, 4.69) is 9.57 Å². The average Bonchev–Trinajstić information content (AvgIpc) is 2.24. The van der Waals surface area contributed by atoms with Crippen molar-refractivity contribution >= 4 is 18.0 Å². The van der Waals surface area contributed by atoms with Crippen molar-refractivity contribution in [3.8, 4) is 0 Å². The first-order chi connectivity index (χ1) is 7.88. The number of urea groups is 1. The van der Waals surface area contributed by atoms with Gasteiger partial charge in [0.2, 0.25) is 0 Å². The van der Waals surface area contributed by atoms with E-state index in [0.29, 0.717) is 0 Å². The minimum Gasteiger partial charge on any atom is -0.479 e. The minimum atomic E-state index is -1.21. The molecule has 0 fully saturated rings. The van der Waals surface area contributed by atoms with Gasteiger partial charge in [0.25, 0.3) is 0 Å². The summed E-state index contributed by atoms with van der Waals surface area (Å²) in [6.07, 6.45) is 0. The lowest BCUT2D eigenvalue weighted by Gasteiger charge is -2.25. The fourth-order valence-corrected chi connectivity index (χ4v) is 0.911. The Morgan fingerprint density at radius 1 is 1.35 bits per heavy atom. The summed E-state index contributed by atoms with van der Waals surface area (Å²) in [7, 11) is 1.21. The van der Waals surface area contributed by atoms with Gasteiger partial charge in [-0.15, -0.1) is 0 Å². The number of carboxylic acid groups (broad SMARTS) is 1. The third kappa shape index (κ3) is 6.36. The minimum absolute atomic E-state index is 0.240. The van der Waals surface area contributed by atoms with Gasteiger partial charge < -0.3 is 14.7 Å². The molecule has 0 spiro atoms. The maximum atomic E-state index is 11.5. The third-order valence-electron chi connectivity index (χ3n) is 1.77. The van der Waals surface area contributed by atoms with Gasteiger partial charge in [-0.05, 0) is 13.8 Å². The van der Waals surface area contributed by atoms with E-state index in [1.165, 1.54) is 7.11 Å². The summed E-state index contributed by atoms with van der Waals surface area (Å²) in [5.41, 5.74) is 1.92. The van der Waals surface area contributed by atoms with Crippen LogP contribution in [0.3, 0.4) is 0 Å². The first-order valence-corrected chi connectivity index (χ1v) is 4.85. The van der Waals surface area contributed by atoms with E-state index in [1.807, 2.05) is 5.48 Å². The predicted molar refractivity (Wildman–Crippen MR) is 56.0 cm³/mol. The second-order valence-corrected chi connectivity index (χ2v) is 3.39. The van der Waals surface area contributed by atoms with Gasteiger partial charge in [-0.2, -0.15) is 0 Å². The highest BCUT2D eigenvalue weighted by molar-refractivity contribution is 5.80. The Morgan fingerprint density at radius 3 is 2.35 bits per heavy atom. The molecular weight excluding hydrogens is 232 g/mol. The van der Waals surface area contributed by atoms with Gasteiger partial charge in [0, 0.05) is 6.04 Å². The zero-order valence-corrected chi connectivity index (χ0v) is 9.93. The maximum Gasteiger partial charge on any atom is 0.342 e. The zero-order valence-electron chi connectivity index (χ0n) is 9.93. The summed E-state index contributed by atoms with van der Waals surface area (Å²) < 4.78 is 4.43. The maximum absolute atomic E-state index is 11.5. The number of carbonyl (C=O) groups is 3. The highest BCUT2D eigenvalue weighted by Crippen LogP contribution is 1.99. The number of methoxy groups -OCH3 is 1. The van der Waals surface area contributed by atoms with Crippen LogP contribution in [0.4, 0.5) is 4.79 Å². The fourth-order valence-electron chi connectivity index (χ4n) is 0.911. The van der Waals surface area contributed by atoms with Crippen LogP contribution in [-0.2, 0) is 19.2 Å². The van der Waals surface area contributed by atoms with E-state index in [4.69, 9.17) is 5.11 Å². The van der Waals surface area contributed by atoms with Gasteiger partial charge in [0.1, 0.15) is 6.54 Å². The smallest absolute Gasteiger partial charge is 0.342 e. The Bertz CT molecular complexity index is 291. The molecule has 0 aliphatic rings. The molecule has 0 aromatic heterocycles. The zero-order chi connectivity index (χ0) is 13.4. The van der Waals surface area contributed by atoms with E-state index >= 15 is 0 Å². The summed E-state index contributed by atoms with van der Waals surface area (Å²) in [5, 5.41) is 8.29. The van der Waals surface area contributed by atoms with Crippen LogP contribution in [0.2, 0.25) is 0 Å². The van der Waals surface area contributed by atoms with Crippen molar-refractivity contribution in [2.45, 2.75) is 19.9 Å². The Kier molecular flexibility index (Phi) is 6.64. The number of amides is 2. The normalized spacial score (nSPS) is 9.88. The molecule has 0 unspecified atom stereocenters. The van der Waals surface area contributed by atoms with Crippen LogP contribution < -0.4 is 5.48 Å². The Balaban J connectivity index is 4.25. The van der Waals surface area contributed by atoms with Crippen LogP contribution in [-0.4, -0.2) is 54.3 Å². The third-order valence-corrected chi connectivity index (χ3v) is 1.77. The van der Waals surface area contributed by atoms with Gasteiger partial charge in [-0.1, -0.05) is 0 Å². The molecule has 0 heterocycles. The number of hydroxylamine groups is 1. The topological polar surface area (TPSA) is 105 Å². The number of nitrogens with zero attached hydrogens (tertiary/aromatic N) is 1. The van der Waals surface area contributed by atoms with Crippen LogP contribution in [0, 0.1) is 0 Å². The molecule has 0 saturated carbocycles.